The maximum atomic E-state index is 12.3. The molecule has 12 heteroatoms. The van der Waals surface area contributed by atoms with Crippen molar-refractivity contribution in [3.8, 4) is 11.5 Å². The molecule has 0 unspecified atom stereocenters. The summed E-state index contributed by atoms with van der Waals surface area (Å²) in [6.07, 6.45) is 0.362. The third-order valence-electron chi connectivity index (χ3n) is 4.27. The zero-order chi connectivity index (χ0) is 23.8. The molecular weight excluding hydrogens is 466 g/mol. The number of carbonyl (C=O) groups is 2. The van der Waals surface area contributed by atoms with E-state index in [1.165, 1.54) is 0 Å². The van der Waals surface area contributed by atoms with Crippen LogP contribution in [0, 0.1) is 0 Å². The Morgan fingerprint density at radius 1 is 0.939 bits per heavy atom. The average Bonchev–Trinajstić information content (AvgIpc) is 3.27. The molecule has 1 heterocycles. The molecule has 0 aliphatic heterocycles. The minimum Gasteiger partial charge on any atom is -0.411 e. The second-order valence-electron chi connectivity index (χ2n) is 6.78. The third kappa shape index (κ3) is 7.32. The molecule has 3 aromatic rings. The highest BCUT2D eigenvalue weighted by Gasteiger charge is 2.13. The van der Waals surface area contributed by atoms with E-state index in [4.69, 9.17) is 4.42 Å². The standard InChI is InChI=1S/C21H23N5O5S2/c1-3-18(27)22-16-6-5-7-17(12-16)23-19(28)13-32-21-25-24-20(31-21)14-8-10-15(11-9-14)26-33(29,30)4-2/h5-12,26H,3-4,13H2,1-2H3,(H,22,27)(H,23,28). The van der Waals surface area contributed by atoms with Crippen LogP contribution in [0.25, 0.3) is 11.5 Å². The first kappa shape index (κ1) is 24.3. The van der Waals surface area contributed by atoms with Gasteiger partial charge in [0.15, 0.2) is 0 Å². The zero-order valence-electron chi connectivity index (χ0n) is 18.0. The number of hydrogen-bond donors (Lipinski definition) is 3. The molecule has 0 bridgehead atoms. The maximum Gasteiger partial charge on any atom is 0.277 e. The van der Waals surface area contributed by atoms with Crippen molar-refractivity contribution in [1.29, 1.82) is 0 Å². The van der Waals surface area contributed by atoms with Gasteiger partial charge < -0.3 is 15.1 Å². The number of anilines is 3. The van der Waals surface area contributed by atoms with Crippen molar-refractivity contribution >= 4 is 50.7 Å². The molecule has 0 fully saturated rings. The minimum absolute atomic E-state index is 0.0204. The average molecular weight is 490 g/mol. The van der Waals surface area contributed by atoms with Crippen LogP contribution in [0.4, 0.5) is 17.1 Å². The van der Waals surface area contributed by atoms with Crippen LogP contribution in [0.15, 0.2) is 58.2 Å². The number of hydrogen-bond acceptors (Lipinski definition) is 8. The summed E-state index contributed by atoms with van der Waals surface area (Å²) in [5, 5.41) is 13.6. The van der Waals surface area contributed by atoms with Gasteiger partial charge >= 0.3 is 0 Å². The van der Waals surface area contributed by atoms with Crippen LogP contribution in [0.2, 0.25) is 0 Å². The first-order chi connectivity index (χ1) is 15.8. The van der Waals surface area contributed by atoms with Gasteiger partial charge in [-0.2, -0.15) is 0 Å². The molecule has 0 saturated heterocycles. The van der Waals surface area contributed by atoms with Gasteiger partial charge in [0, 0.05) is 29.0 Å². The Bertz CT molecular complexity index is 1230. The van der Waals surface area contributed by atoms with Crippen LogP contribution >= 0.6 is 11.8 Å². The van der Waals surface area contributed by atoms with Gasteiger partial charge in [0.2, 0.25) is 27.7 Å². The quantitative estimate of drug-likeness (QED) is 0.367. The van der Waals surface area contributed by atoms with Crippen LogP contribution in [0.3, 0.4) is 0 Å². The molecule has 174 valence electrons. The summed E-state index contributed by atoms with van der Waals surface area (Å²) >= 11 is 1.08. The van der Waals surface area contributed by atoms with Crippen LogP contribution in [0.1, 0.15) is 20.3 Å². The fourth-order valence-corrected chi connectivity index (χ4v) is 3.77. The summed E-state index contributed by atoms with van der Waals surface area (Å²) in [7, 11) is -3.35. The Morgan fingerprint density at radius 2 is 1.61 bits per heavy atom. The van der Waals surface area contributed by atoms with E-state index in [0.717, 1.165) is 11.8 Å². The zero-order valence-corrected chi connectivity index (χ0v) is 19.6. The predicted octanol–water partition coefficient (Wildman–Crippen LogP) is 3.58. The summed E-state index contributed by atoms with van der Waals surface area (Å²) in [5.74, 6) is -0.107. The van der Waals surface area contributed by atoms with Crippen LogP contribution in [0.5, 0.6) is 0 Å². The van der Waals surface area contributed by atoms with Crippen molar-refractivity contribution in [2.45, 2.75) is 25.5 Å². The monoisotopic (exact) mass is 489 g/mol. The van der Waals surface area contributed by atoms with Crippen molar-refractivity contribution in [3.05, 3.63) is 48.5 Å². The molecule has 2 aromatic carbocycles. The Balaban J connectivity index is 1.54. The van der Waals surface area contributed by atoms with Crippen LogP contribution < -0.4 is 15.4 Å². The SMILES string of the molecule is CCC(=O)Nc1cccc(NC(=O)CSc2nnc(-c3ccc(NS(=O)(=O)CC)cc3)o2)c1. The topological polar surface area (TPSA) is 143 Å². The van der Waals surface area contributed by atoms with Gasteiger partial charge in [-0.3, -0.25) is 14.3 Å². The number of nitrogens with one attached hydrogen (secondary N) is 3. The molecule has 1 aromatic heterocycles. The summed E-state index contributed by atoms with van der Waals surface area (Å²) in [5.41, 5.74) is 2.20. The molecule has 0 aliphatic carbocycles. The second kappa shape index (κ2) is 11.0. The van der Waals surface area contributed by atoms with Gasteiger partial charge in [-0.05, 0) is 49.4 Å². The lowest BCUT2D eigenvalue weighted by Gasteiger charge is -2.07. The number of carbonyl (C=O) groups excluding carboxylic acids is 2. The molecule has 0 atom stereocenters. The van der Waals surface area contributed by atoms with E-state index < -0.39 is 10.0 Å². The number of nitrogens with zero attached hydrogens (tertiary/aromatic N) is 2. The van der Waals surface area contributed by atoms with Gasteiger partial charge in [-0.1, -0.05) is 24.8 Å². The fraction of sp³-hybridized carbons (Fsp3) is 0.238. The largest absolute Gasteiger partial charge is 0.411 e. The van der Waals surface area contributed by atoms with Gasteiger partial charge in [-0.15, -0.1) is 10.2 Å². The Kier molecular flexibility index (Phi) is 8.06. The number of aromatic nitrogens is 2. The maximum absolute atomic E-state index is 12.3. The van der Waals surface area contributed by atoms with E-state index in [2.05, 4.69) is 25.6 Å². The predicted molar refractivity (Wildman–Crippen MR) is 128 cm³/mol. The Morgan fingerprint density at radius 3 is 2.24 bits per heavy atom. The lowest BCUT2D eigenvalue weighted by Crippen LogP contribution is -2.14. The normalized spacial score (nSPS) is 11.1. The van der Waals surface area contributed by atoms with Crippen molar-refractivity contribution in [2.75, 3.05) is 26.9 Å². The van der Waals surface area contributed by atoms with E-state index in [-0.39, 0.29) is 34.4 Å². The molecule has 10 nitrogen and oxygen atoms in total. The summed E-state index contributed by atoms with van der Waals surface area (Å²) in [4.78, 5) is 23.8. The van der Waals surface area contributed by atoms with E-state index in [1.54, 1.807) is 62.4 Å². The molecule has 2 amide bonds. The van der Waals surface area contributed by atoms with E-state index in [1.807, 2.05) is 0 Å². The molecule has 0 spiro atoms. The van der Waals surface area contributed by atoms with Crippen molar-refractivity contribution in [2.24, 2.45) is 0 Å². The van der Waals surface area contributed by atoms with Crippen LogP contribution in [-0.4, -0.2) is 41.9 Å². The highest BCUT2D eigenvalue weighted by atomic mass is 32.2. The van der Waals surface area contributed by atoms with Crippen LogP contribution in [-0.2, 0) is 19.6 Å². The summed E-state index contributed by atoms with van der Waals surface area (Å²) < 4.78 is 31.3. The number of rotatable bonds is 10. The lowest BCUT2D eigenvalue weighted by molar-refractivity contribution is -0.116. The number of benzene rings is 2. The summed E-state index contributed by atoms with van der Waals surface area (Å²) in [6.45, 7) is 3.31. The number of thioether (sulfide) groups is 1. The molecule has 3 N–H and O–H groups in total. The van der Waals surface area contributed by atoms with E-state index >= 15 is 0 Å². The smallest absolute Gasteiger partial charge is 0.277 e. The molecule has 0 radical (unpaired) electrons. The Labute approximate surface area is 195 Å². The lowest BCUT2D eigenvalue weighted by atomic mass is 10.2. The fourth-order valence-electron chi connectivity index (χ4n) is 2.57. The molecule has 0 saturated carbocycles. The second-order valence-corrected chi connectivity index (χ2v) is 9.71. The molecule has 33 heavy (non-hydrogen) atoms. The van der Waals surface area contributed by atoms with Crippen molar-refractivity contribution in [1.82, 2.24) is 10.2 Å². The Hall–Kier alpha value is -3.38. The van der Waals surface area contributed by atoms with Gasteiger partial charge in [-0.25, -0.2) is 8.42 Å². The first-order valence-corrected chi connectivity index (χ1v) is 12.7. The molecular formula is C21H23N5O5S2. The van der Waals surface area contributed by atoms with Gasteiger partial charge in [0.1, 0.15) is 0 Å². The first-order valence-electron chi connectivity index (χ1n) is 10.0. The number of amides is 2. The summed E-state index contributed by atoms with van der Waals surface area (Å²) in [6, 6.07) is 13.4. The minimum atomic E-state index is -3.35. The van der Waals surface area contributed by atoms with E-state index in [9.17, 15) is 18.0 Å². The third-order valence-corrected chi connectivity index (χ3v) is 6.39. The van der Waals surface area contributed by atoms with Gasteiger partial charge in [0.05, 0.1) is 11.5 Å². The highest BCUT2D eigenvalue weighted by molar-refractivity contribution is 7.99. The number of sulfonamides is 1. The van der Waals surface area contributed by atoms with E-state index in [0.29, 0.717) is 29.0 Å². The molecule has 3 rings (SSSR count). The highest BCUT2D eigenvalue weighted by Crippen LogP contribution is 2.25. The molecule has 0 aliphatic rings. The van der Waals surface area contributed by atoms with Crippen molar-refractivity contribution in [3.63, 3.8) is 0 Å². The van der Waals surface area contributed by atoms with Gasteiger partial charge in [0.25, 0.3) is 5.22 Å². The van der Waals surface area contributed by atoms with Crippen molar-refractivity contribution < 1.29 is 22.4 Å².